The van der Waals surface area contributed by atoms with Gasteiger partial charge >= 0.3 is 5.97 Å². The van der Waals surface area contributed by atoms with E-state index in [0.29, 0.717) is 12.5 Å². The number of likely N-dealkylation sites (tertiary alicyclic amines) is 1. The molecule has 1 amide bonds. The summed E-state index contributed by atoms with van der Waals surface area (Å²) in [5.41, 5.74) is -0.491. The number of esters is 1. The van der Waals surface area contributed by atoms with Crippen molar-refractivity contribution in [1.29, 1.82) is 0 Å². The Balaban J connectivity index is 2.03. The van der Waals surface area contributed by atoms with Crippen LogP contribution in [0.1, 0.15) is 59.8 Å². The zero-order valence-corrected chi connectivity index (χ0v) is 13.1. The summed E-state index contributed by atoms with van der Waals surface area (Å²) in [5, 5.41) is 0. The lowest BCUT2D eigenvalue weighted by molar-refractivity contribution is -0.164. The molecule has 2 fully saturated rings. The first-order valence-electron chi connectivity index (χ1n) is 7.83. The van der Waals surface area contributed by atoms with Crippen molar-refractivity contribution in [2.24, 2.45) is 11.8 Å². The van der Waals surface area contributed by atoms with E-state index < -0.39 is 5.60 Å². The van der Waals surface area contributed by atoms with Crippen LogP contribution in [0.3, 0.4) is 0 Å². The van der Waals surface area contributed by atoms with Gasteiger partial charge in [0, 0.05) is 12.5 Å². The summed E-state index contributed by atoms with van der Waals surface area (Å²) in [4.78, 5) is 26.7. The third-order valence-corrected chi connectivity index (χ3v) is 4.39. The van der Waals surface area contributed by atoms with Gasteiger partial charge in [-0.3, -0.25) is 4.79 Å². The van der Waals surface area contributed by atoms with E-state index in [1.165, 1.54) is 0 Å². The number of ether oxygens (including phenoxy) is 1. The van der Waals surface area contributed by atoms with Crippen molar-refractivity contribution in [2.75, 3.05) is 6.54 Å². The van der Waals surface area contributed by atoms with Crippen LogP contribution in [-0.2, 0) is 14.3 Å². The molecule has 0 aromatic rings. The maximum atomic E-state index is 12.7. The normalized spacial score (nSPS) is 30.6. The second kappa shape index (κ2) is 5.74. The van der Waals surface area contributed by atoms with Crippen molar-refractivity contribution in [3.05, 3.63) is 0 Å². The SMILES string of the molecule is CC1CCCC1C(=O)N1CCC[C@H]1C(=O)OC(C)(C)C. The van der Waals surface area contributed by atoms with Gasteiger partial charge < -0.3 is 9.64 Å². The van der Waals surface area contributed by atoms with Crippen molar-refractivity contribution < 1.29 is 14.3 Å². The second-order valence-corrected chi connectivity index (χ2v) is 7.24. The van der Waals surface area contributed by atoms with E-state index in [4.69, 9.17) is 4.74 Å². The Morgan fingerprint density at radius 3 is 2.35 bits per heavy atom. The van der Waals surface area contributed by atoms with Crippen LogP contribution in [0.15, 0.2) is 0 Å². The topological polar surface area (TPSA) is 46.6 Å². The minimum atomic E-state index is -0.491. The van der Waals surface area contributed by atoms with Gasteiger partial charge in [0.05, 0.1) is 0 Å². The minimum Gasteiger partial charge on any atom is -0.458 e. The molecule has 2 rings (SSSR count). The molecule has 20 heavy (non-hydrogen) atoms. The van der Waals surface area contributed by atoms with Crippen LogP contribution in [0.5, 0.6) is 0 Å². The lowest BCUT2D eigenvalue weighted by Crippen LogP contribution is -2.46. The van der Waals surface area contributed by atoms with Gasteiger partial charge in [0.2, 0.25) is 5.91 Å². The molecule has 2 aliphatic rings. The third-order valence-electron chi connectivity index (χ3n) is 4.39. The molecule has 1 aliphatic heterocycles. The standard InChI is InChI=1S/C16H27NO3/c1-11-7-5-8-12(11)14(18)17-10-6-9-13(17)15(19)20-16(2,3)4/h11-13H,5-10H2,1-4H3/t11?,12?,13-/m0/s1. The molecule has 2 unspecified atom stereocenters. The summed E-state index contributed by atoms with van der Waals surface area (Å²) in [6, 6.07) is -0.366. The lowest BCUT2D eigenvalue weighted by Gasteiger charge is -2.30. The highest BCUT2D eigenvalue weighted by Gasteiger charge is 2.41. The monoisotopic (exact) mass is 281 g/mol. The van der Waals surface area contributed by atoms with Crippen LogP contribution in [0, 0.1) is 11.8 Å². The van der Waals surface area contributed by atoms with E-state index >= 15 is 0 Å². The molecule has 114 valence electrons. The first-order chi connectivity index (χ1) is 9.29. The van der Waals surface area contributed by atoms with Gasteiger partial charge in [-0.2, -0.15) is 0 Å². The van der Waals surface area contributed by atoms with Crippen LogP contribution >= 0.6 is 0 Å². The molecule has 3 atom stereocenters. The van der Waals surface area contributed by atoms with E-state index in [1.807, 2.05) is 20.8 Å². The number of carbonyl (C=O) groups is 2. The average molecular weight is 281 g/mol. The van der Waals surface area contributed by atoms with Gasteiger partial charge in [0.15, 0.2) is 0 Å². The van der Waals surface area contributed by atoms with Gasteiger partial charge in [-0.15, -0.1) is 0 Å². The number of rotatable bonds is 2. The lowest BCUT2D eigenvalue weighted by atomic mass is 9.96. The van der Waals surface area contributed by atoms with Crippen LogP contribution in [0.2, 0.25) is 0 Å². The highest BCUT2D eigenvalue weighted by Crippen LogP contribution is 2.34. The molecule has 1 aliphatic carbocycles. The number of hydrogen-bond donors (Lipinski definition) is 0. The molecule has 0 bridgehead atoms. The Labute approximate surface area is 121 Å². The summed E-state index contributed by atoms with van der Waals surface area (Å²) in [6.07, 6.45) is 4.86. The summed E-state index contributed by atoms with van der Waals surface area (Å²) in [6.45, 7) is 8.45. The first kappa shape index (κ1) is 15.3. The van der Waals surface area contributed by atoms with E-state index in [2.05, 4.69) is 6.92 Å². The molecule has 0 aromatic heterocycles. The van der Waals surface area contributed by atoms with Crippen LogP contribution in [0.4, 0.5) is 0 Å². The highest BCUT2D eigenvalue weighted by molar-refractivity contribution is 5.86. The average Bonchev–Trinajstić information content (AvgIpc) is 2.93. The van der Waals surface area contributed by atoms with Crippen LogP contribution < -0.4 is 0 Å². The zero-order valence-electron chi connectivity index (χ0n) is 13.1. The summed E-state index contributed by atoms with van der Waals surface area (Å²) >= 11 is 0. The van der Waals surface area contributed by atoms with Gasteiger partial charge in [-0.05, 0) is 52.4 Å². The van der Waals surface area contributed by atoms with Gasteiger partial charge in [-0.25, -0.2) is 4.79 Å². The largest absolute Gasteiger partial charge is 0.458 e. The van der Waals surface area contributed by atoms with Crippen molar-refractivity contribution in [1.82, 2.24) is 4.90 Å². The Kier molecular flexibility index (Phi) is 4.40. The minimum absolute atomic E-state index is 0.109. The maximum Gasteiger partial charge on any atom is 0.329 e. The number of nitrogens with zero attached hydrogens (tertiary/aromatic N) is 1. The summed E-state index contributed by atoms with van der Waals surface area (Å²) in [5.74, 6) is 0.484. The molecule has 0 N–H and O–H groups in total. The van der Waals surface area contributed by atoms with E-state index in [9.17, 15) is 9.59 Å². The van der Waals surface area contributed by atoms with E-state index in [-0.39, 0.29) is 23.8 Å². The van der Waals surface area contributed by atoms with Crippen LogP contribution in [0.25, 0.3) is 0 Å². The fourth-order valence-electron chi connectivity index (χ4n) is 3.37. The zero-order chi connectivity index (χ0) is 14.9. The third kappa shape index (κ3) is 3.33. The molecule has 0 radical (unpaired) electrons. The molecule has 1 heterocycles. The Morgan fingerprint density at radius 1 is 1.10 bits per heavy atom. The summed E-state index contributed by atoms with van der Waals surface area (Å²) in [7, 11) is 0. The van der Waals surface area contributed by atoms with Crippen molar-refractivity contribution >= 4 is 11.9 Å². The van der Waals surface area contributed by atoms with Gasteiger partial charge in [-0.1, -0.05) is 13.3 Å². The van der Waals surface area contributed by atoms with Crippen molar-refractivity contribution in [3.63, 3.8) is 0 Å². The molecular weight excluding hydrogens is 254 g/mol. The molecule has 0 spiro atoms. The van der Waals surface area contributed by atoms with Gasteiger partial charge in [0.1, 0.15) is 11.6 Å². The fourth-order valence-corrected chi connectivity index (χ4v) is 3.37. The number of amides is 1. The Morgan fingerprint density at radius 2 is 1.80 bits per heavy atom. The molecule has 4 heteroatoms. The Hall–Kier alpha value is -1.06. The predicted molar refractivity (Wildman–Crippen MR) is 77.1 cm³/mol. The Bertz CT molecular complexity index is 386. The van der Waals surface area contributed by atoms with Crippen molar-refractivity contribution in [2.45, 2.75) is 71.4 Å². The predicted octanol–water partition coefficient (Wildman–Crippen LogP) is 2.76. The second-order valence-electron chi connectivity index (χ2n) is 7.24. The summed E-state index contributed by atoms with van der Waals surface area (Å²) < 4.78 is 5.46. The first-order valence-corrected chi connectivity index (χ1v) is 7.83. The molecule has 4 nitrogen and oxygen atoms in total. The van der Waals surface area contributed by atoms with Gasteiger partial charge in [0.25, 0.3) is 0 Å². The number of carbonyl (C=O) groups excluding carboxylic acids is 2. The fraction of sp³-hybridized carbons (Fsp3) is 0.875. The highest BCUT2D eigenvalue weighted by atomic mass is 16.6. The van der Waals surface area contributed by atoms with Crippen molar-refractivity contribution in [3.8, 4) is 0 Å². The maximum absolute atomic E-state index is 12.7. The molecule has 1 saturated heterocycles. The van der Waals surface area contributed by atoms with E-state index in [0.717, 1.165) is 32.1 Å². The molecule has 1 saturated carbocycles. The number of hydrogen-bond acceptors (Lipinski definition) is 3. The van der Waals surface area contributed by atoms with Crippen LogP contribution in [-0.4, -0.2) is 35.0 Å². The quantitative estimate of drug-likeness (QED) is 0.731. The smallest absolute Gasteiger partial charge is 0.329 e. The molecule has 0 aromatic carbocycles. The molecular formula is C16H27NO3. The van der Waals surface area contributed by atoms with E-state index in [1.54, 1.807) is 4.90 Å².